The van der Waals surface area contributed by atoms with Crippen LogP contribution in [0, 0.1) is 0 Å². The molecule has 2 saturated carbocycles. The Bertz CT molecular complexity index is 905. The Hall–Kier alpha value is -1.74. The molecule has 0 aromatic rings. The highest BCUT2D eigenvalue weighted by molar-refractivity contribution is 5.87. The van der Waals surface area contributed by atoms with Crippen LogP contribution >= 0.6 is 0 Å². The summed E-state index contributed by atoms with van der Waals surface area (Å²) in [6, 6.07) is -2.25. The molecular weight excluding hydrogens is 534 g/mol. The predicted octanol–water partition coefficient (Wildman–Crippen LogP) is -6.27. The van der Waals surface area contributed by atoms with E-state index in [1.165, 1.54) is 0 Å². The number of guanidine groups is 1. The van der Waals surface area contributed by atoms with E-state index in [2.05, 4.69) is 10.3 Å². The van der Waals surface area contributed by atoms with Crippen molar-refractivity contribution in [1.82, 2.24) is 5.32 Å². The second-order valence-electron chi connectivity index (χ2n) is 11.2. The molecule has 0 spiro atoms. The number of rotatable bonds is 9. The number of carbonyl (C=O) groups excluding carboxylic acids is 1. The Labute approximate surface area is 230 Å². The van der Waals surface area contributed by atoms with Crippen molar-refractivity contribution in [3.05, 3.63) is 0 Å². The Balaban J connectivity index is 1.33. The van der Waals surface area contributed by atoms with Crippen molar-refractivity contribution in [2.75, 3.05) is 13.2 Å². The van der Waals surface area contributed by atoms with Gasteiger partial charge in [-0.05, 0) is 19.3 Å². The van der Waals surface area contributed by atoms with Crippen LogP contribution in [0.4, 0.5) is 0 Å². The van der Waals surface area contributed by atoms with Gasteiger partial charge in [0.25, 0.3) is 5.91 Å². The zero-order chi connectivity index (χ0) is 29.4. The molecule has 16 N–H and O–H groups in total. The number of nitrogens with one attached hydrogen (secondary N) is 1. The molecule has 17 heteroatoms. The van der Waals surface area contributed by atoms with E-state index >= 15 is 0 Å². The summed E-state index contributed by atoms with van der Waals surface area (Å²) in [5.41, 5.74) is 26.9. The largest absolute Gasteiger partial charge is 0.394 e. The molecule has 0 radical (unpaired) electrons. The molecule has 1 amide bonds. The maximum absolute atomic E-state index is 12.8. The lowest BCUT2D eigenvalue weighted by Gasteiger charge is -2.42. The van der Waals surface area contributed by atoms with Crippen molar-refractivity contribution in [3.63, 3.8) is 0 Å². The second kappa shape index (κ2) is 12.6. The zero-order valence-electron chi connectivity index (χ0n) is 22.1. The molecule has 12 atom stereocenters. The Morgan fingerprint density at radius 2 is 1.65 bits per heavy atom. The van der Waals surface area contributed by atoms with Gasteiger partial charge in [-0.1, -0.05) is 0 Å². The van der Waals surface area contributed by atoms with Crippen molar-refractivity contribution in [1.29, 1.82) is 0 Å². The minimum absolute atomic E-state index is 0.0951. The number of hydrogen-bond acceptors (Lipinski definition) is 14. The van der Waals surface area contributed by atoms with Crippen LogP contribution < -0.4 is 34.0 Å². The van der Waals surface area contributed by atoms with Crippen molar-refractivity contribution in [2.24, 2.45) is 33.7 Å². The van der Waals surface area contributed by atoms with E-state index in [9.17, 15) is 30.3 Å². The molecule has 2 aliphatic carbocycles. The summed E-state index contributed by atoms with van der Waals surface area (Å²) in [6.07, 6.45) is -8.85. The van der Waals surface area contributed by atoms with E-state index in [4.69, 9.17) is 47.6 Å². The van der Waals surface area contributed by atoms with Crippen LogP contribution in [0.3, 0.4) is 0 Å². The van der Waals surface area contributed by atoms with Crippen molar-refractivity contribution in [3.8, 4) is 0 Å². The van der Waals surface area contributed by atoms with Crippen molar-refractivity contribution in [2.45, 2.75) is 117 Å². The highest BCUT2D eigenvalue weighted by Crippen LogP contribution is 2.36. The highest BCUT2D eigenvalue weighted by Gasteiger charge is 2.52. The lowest BCUT2D eigenvalue weighted by atomic mass is 9.75. The van der Waals surface area contributed by atoms with E-state index < -0.39 is 85.5 Å². The van der Waals surface area contributed by atoms with Gasteiger partial charge in [-0.15, -0.1) is 0 Å². The summed E-state index contributed by atoms with van der Waals surface area (Å²) in [5.74, 6) is -0.659. The van der Waals surface area contributed by atoms with Gasteiger partial charge in [0.05, 0.1) is 24.8 Å². The number of amides is 1. The maximum Gasteiger partial charge on any atom is 0.252 e. The molecule has 0 bridgehead atoms. The monoisotopic (exact) mass is 577 g/mol. The molecule has 17 nitrogen and oxygen atoms in total. The molecule has 4 rings (SSSR count). The summed E-state index contributed by atoms with van der Waals surface area (Å²) in [6.45, 7) is -0.644. The number of aliphatic hydroxyl groups is 5. The predicted molar refractivity (Wildman–Crippen MR) is 137 cm³/mol. The average molecular weight is 578 g/mol. The highest BCUT2D eigenvalue weighted by atomic mass is 16.7. The Morgan fingerprint density at radius 3 is 2.27 bits per heavy atom. The van der Waals surface area contributed by atoms with Gasteiger partial charge in [0.1, 0.15) is 42.2 Å². The standard InChI is InChI=1S/C23H43N7O10/c24-6-12-15(32)16(33)14(26)19(38-12)40-18-13(7-31)39-20(17(18)34)37-11-2-8(25)1-9(3-11)29-21(35)23(36)4-10(5-23)30-22(27)28/h8-20,31-34,36H,1-7,24-26H2,(H,29,35)(H4,27,28,30)/t8-,9+,10?,11-,12-,13+,14+,15+,16+,17+,18+,19+,20+,23?/m0/s1. The van der Waals surface area contributed by atoms with E-state index in [1.807, 2.05) is 0 Å². The van der Waals surface area contributed by atoms with Gasteiger partial charge in [0.15, 0.2) is 18.5 Å². The van der Waals surface area contributed by atoms with Crippen molar-refractivity contribution < 1.29 is 49.3 Å². The quantitative estimate of drug-likeness (QED) is 0.0896. The van der Waals surface area contributed by atoms with Crippen LogP contribution in [0.5, 0.6) is 0 Å². The number of ether oxygens (including phenoxy) is 4. The Kier molecular flexibility index (Phi) is 9.86. The zero-order valence-corrected chi connectivity index (χ0v) is 22.1. The van der Waals surface area contributed by atoms with Crippen LogP contribution in [0.25, 0.3) is 0 Å². The lowest BCUT2D eigenvalue weighted by molar-refractivity contribution is -0.280. The summed E-state index contributed by atoms with van der Waals surface area (Å²) in [4.78, 5) is 16.7. The number of nitrogens with zero attached hydrogens (tertiary/aromatic N) is 1. The molecular formula is C23H43N7O10. The van der Waals surface area contributed by atoms with Crippen LogP contribution in [-0.4, -0.2) is 136 Å². The summed E-state index contributed by atoms with van der Waals surface area (Å²) in [7, 11) is 0. The van der Waals surface area contributed by atoms with Crippen LogP contribution in [0.15, 0.2) is 4.99 Å². The van der Waals surface area contributed by atoms with E-state index in [-0.39, 0.29) is 37.4 Å². The molecule has 0 aromatic carbocycles. The average Bonchev–Trinajstić information content (AvgIpc) is 3.16. The first kappa shape index (κ1) is 31.2. The molecule has 4 fully saturated rings. The number of hydrogen-bond donors (Lipinski definition) is 11. The Morgan fingerprint density at radius 1 is 0.975 bits per heavy atom. The fourth-order valence-electron chi connectivity index (χ4n) is 5.81. The van der Waals surface area contributed by atoms with E-state index in [0.29, 0.717) is 19.3 Å². The number of carbonyl (C=O) groups is 1. The minimum atomic E-state index is -1.58. The van der Waals surface area contributed by atoms with E-state index in [1.54, 1.807) is 0 Å². The topological polar surface area (TPSA) is 310 Å². The minimum Gasteiger partial charge on any atom is -0.394 e. The summed E-state index contributed by atoms with van der Waals surface area (Å²) >= 11 is 0. The fourth-order valence-corrected chi connectivity index (χ4v) is 5.81. The third kappa shape index (κ3) is 6.66. The number of nitrogens with two attached hydrogens (primary N) is 5. The summed E-state index contributed by atoms with van der Waals surface area (Å²) < 4.78 is 23.1. The number of aliphatic imine (C=N–C) groups is 1. The molecule has 4 aliphatic rings. The molecule has 0 aromatic heterocycles. The molecule has 0 unspecified atom stereocenters. The van der Waals surface area contributed by atoms with Crippen molar-refractivity contribution >= 4 is 11.9 Å². The van der Waals surface area contributed by atoms with E-state index in [0.717, 1.165) is 0 Å². The molecule has 2 saturated heterocycles. The van der Waals surface area contributed by atoms with Gasteiger partial charge in [-0.3, -0.25) is 9.79 Å². The first-order chi connectivity index (χ1) is 18.8. The van der Waals surface area contributed by atoms with Gasteiger partial charge < -0.3 is 78.5 Å². The van der Waals surface area contributed by atoms with Crippen LogP contribution in [0.2, 0.25) is 0 Å². The third-order valence-corrected chi connectivity index (χ3v) is 8.01. The molecule has 40 heavy (non-hydrogen) atoms. The first-order valence-corrected chi connectivity index (χ1v) is 13.4. The summed E-state index contributed by atoms with van der Waals surface area (Å²) in [5, 5.41) is 54.6. The fraction of sp³-hybridized carbons (Fsp3) is 0.913. The maximum atomic E-state index is 12.8. The van der Waals surface area contributed by atoms with Gasteiger partial charge in [-0.25, -0.2) is 0 Å². The van der Waals surface area contributed by atoms with Crippen LogP contribution in [0.1, 0.15) is 32.1 Å². The van der Waals surface area contributed by atoms with Gasteiger partial charge in [-0.2, -0.15) is 0 Å². The normalized spacial score (nSPS) is 47.4. The van der Waals surface area contributed by atoms with Gasteiger partial charge >= 0.3 is 0 Å². The van der Waals surface area contributed by atoms with Gasteiger partial charge in [0.2, 0.25) is 0 Å². The smallest absolute Gasteiger partial charge is 0.252 e. The van der Waals surface area contributed by atoms with Crippen LogP contribution in [-0.2, 0) is 23.7 Å². The third-order valence-electron chi connectivity index (χ3n) is 8.01. The van der Waals surface area contributed by atoms with Gasteiger partial charge in [0, 0.05) is 31.5 Å². The first-order valence-electron chi connectivity index (χ1n) is 13.4. The molecule has 2 aliphatic heterocycles. The number of aliphatic hydroxyl groups excluding tert-OH is 4. The molecule has 2 heterocycles. The lowest BCUT2D eigenvalue weighted by Crippen LogP contribution is -2.64. The second-order valence-corrected chi connectivity index (χ2v) is 11.2. The SMILES string of the molecule is NC[C@@H]1O[C@H](O[C@H]2[C@@H](O)[C@H](O[C@H]3C[C@@H](N)C[C@@H](NC(=O)C4(O)CC(N=C(N)N)C4)C3)O[C@@H]2CO)[C@H](N)[C@@H](O)[C@@H]1O. The molecule has 230 valence electrons.